The molecule has 0 aliphatic heterocycles. The summed E-state index contributed by atoms with van der Waals surface area (Å²) in [4.78, 5) is 2.32. The van der Waals surface area contributed by atoms with Gasteiger partial charge in [0.05, 0.1) is 0 Å². The molecule has 1 rings (SSSR count). The first kappa shape index (κ1) is 13.8. The minimum absolute atomic E-state index is 0.569. The lowest BCUT2D eigenvalue weighted by molar-refractivity contribution is 0.170. The molecular weight excluding hydrogens is 212 g/mol. The number of likely N-dealkylation sites (N-methyl/N-ethyl adjacent to an activating group) is 1. The van der Waals surface area contributed by atoms with Crippen molar-refractivity contribution in [3.05, 3.63) is 24.3 Å². The molecule has 1 aromatic carbocycles. The van der Waals surface area contributed by atoms with E-state index in [0.29, 0.717) is 18.6 Å². The van der Waals surface area contributed by atoms with E-state index in [2.05, 4.69) is 32.7 Å². The quantitative estimate of drug-likeness (QED) is 0.772. The predicted molar refractivity (Wildman–Crippen MR) is 73.3 cm³/mol. The smallest absolute Gasteiger partial charge is 0.121 e. The third kappa shape index (κ3) is 4.65. The van der Waals surface area contributed by atoms with Crippen molar-refractivity contribution in [3.8, 4) is 5.75 Å². The number of hydrogen-bond acceptors (Lipinski definition) is 3. The van der Waals surface area contributed by atoms with E-state index >= 15 is 0 Å². The first-order chi connectivity index (χ1) is 8.00. The highest BCUT2D eigenvalue weighted by Gasteiger charge is 2.12. The molecule has 1 aromatic rings. The van der Waals surface area contributed by atoms with E-state index in [1.165, 1.54) is 0 Å². The Hall–Kier alpha value is -1.22. The van der Waals surface area contributed by atoms with E-state index in [9.17, 15) is 0 Å². The number of rotatable bonds is 6. The van der Waals surface area contributed by atoms with Crippen LogP contribution in [0.25, 0.3) is 0 Å². The Kier molecular flexibility index (Phi) is 5.29. The molecule has 0 spiro atoms. The van der Waals surface area contributed by atoms with Gasteiger partial charge in [-0.15, -0.1) is 0 Å². The van der Waals surface area contributed by atoms with Gasteiger partial charge in [0.25, 0.3) is 0 Å². The fourth-order valence-corrected chi connectivity index (χ4v) is 1.62. The number of nitrogens with two attached hydrogens (primary N) is 1. The van der Waals surface area contributed by atoms with Crippen molar-refractivity contribution in [2.75, 3.05) is 25.9 Å². The van der Waals surface area contributed by atoms with E-state index in [1.807, 2.05) is 24.3 Å². The van der Waals surface area contributed by atoms with Gasteiger partial charge < -0.3 is 15.4 Å². The summed E-state index contributed by atoms with van der Waals surface area (Å²) in [7, 11) is 2.13. The normalized spacial score (nSPS) is 13.1. The average Bonchev–Trinajstić information content (AvgIpc) is 2.27. The van der Waals surface area contributed by atoms with E-state index in [4.69, 9.17) is 10.5 Å². The third-order valence-electron chi connectivity index (χ3n) is 3.23. The van der Waals surface area contributed by atoms with Crippen molar-refractivity contribution in [2.24, 2.45) is 5.92 Å². The average molecular weight is 236 g/mol. The van der Waals surface area contributed by atoms with Gasteiger partial charge in [0.15, 0.2) is 0 Å². The molecule has 3 nitrogen and oxygen atoms in total. The van der Waals surface area contributed by atoms with Gasteiger partial charge in [-0.2, -0.15) is 0 Å². The van der Waals surface area contributed by atoms with Crippen LogP contribution in [0.5, 0.6) is 5.75 Å². The van der Waals surface area contributed by atoms with Crippen LogP contribution in [0.2, 0.25) is 0 Å². The Bertz CT molecular complexity index is 339. The van der Waals surface area contributed by atoms with E-state index in [-0.39, 0.29) is 0 Å². The maximum atomic E-state index is 5.69. The molecule has 2 N–H and O–H groups in total. The standard InChI is InChI=1S/C14H24N2O/c1-11(2)12(3)16(4)8-9-17-14-7-5-6-13(15)10-14/h5-7,10-12H,8-9,15H2,1-4H3. The Morgan fingerprint density at radius 2 is 2.00 bits per heavy atom. The molecule has 0 aliphatic carbocycles. The second kappa shape index (κ2) is 6.50. The molecule has 0 amide bonds. The fourth-order valence-electron chi connectivity index (χ4n) is 1.62. The Morgan fingerprint density at radius 3 is 2.59 bits per heavy atom. The summed E-state index contributed by atoms with van der Waals surface area (Å²) >= 11 is 0. The highest BCUT2D eigenvalue weighted by molar-refractivity contribution is 5.43. The van der Waals surface area contributed by atoms with Crippen molar-refractivity contribution in [3.63, 3.8) is 0 Å². The molecule has 1 atom stereocenters. The molecule has 0 saturated heterocycles. The van der Waals surface area contributed by atoms with Crippen LogP contribution in [0.15, 0.2) is 24.3 Å². The van der Waals surface area contributed by atoms with Crippen molar-refractivity contribution in [1.82, 2.24) is 4.90 Å². The summed E-state index contributed by atoms with van der Waals surface area (Å²) in [5, 5.41) is 0. The van der Waals surface area contributed by atoms with Gasteiger partial charge in [-0.05, 0) is 32.0 Å². The molecule has 96 valence electrons. The summed E-state index contributed by atoms with van der Waals surface area (Å²) in [6.45, 7) is 8.33. The van der Waals surface area contributed by atoms with Crippen LogP contribution in [0.4, 0.5) is 5.69 Å². The van der Waals surface area contributed by atoms with Gasteiger partial charge in [0, 0.05) is 24.3 Å². The molecule has 0 radical (unpaired) electrons. The number of nitrogens with zero attached hydrogens (tertiary/aromatic N) is 1. The zero-order chi connectivity index (χ0) is 12.8. The number of anilines is 1. The van der Waals surface area contributed by atoms with Gasteiger partial charge in [0.2, 0.25) is 0 Å². The number of nitrogen functional groups attached to an aromatic ring is 1. The predicted octanol–water partition coefficient (Wildman–Crippen LogP) is 2.62. The van der Waals surface area contributed by atoms with E-state index in [1.54, 1.807) is 0 Å². The Morgan fingerprint density at radius 1 is 1.29 bits per heavy atom. The molecule has 0 saturated carbocycles. The van der Waals surface area contributed by atoms with Crippen molar-refractivity contribution in [2.45, 2.75) is 26.8 Å². The third-order valence-corrected chi connectivity index (χ3v) is 3.23. The van der Waals surface area contributed by atoms with Gasteiger partial charge in [-0.1, -0.05) is 19.9 Å². The molecule has 3 heteroatoms. The van der Waals surface area contributed by atoms with Crippen LogP contribution < -0.4 is 10.5 Å². The Balaban J connectivity index is 2.33. The second-order valence-electron chi connectivity index (χ2n) is 4.89. The molecule has 1 unspecified atom stereocenters. The molecule has 0 aromatic heterocycles. The largest absolute Gasteiger partial charge is 0.492 e. The summed E-state index contributed by atoms with van der Waals surface area (Å²) in [6.07, 6.45) is 0. The number of hydrogen-bond donors (Lipinski definition) is 1. The lowest BCUT2D eigenvalue weighted by atomic mass is 10.1. The molecule has 0 heterocycles. The van der Waals surface area contributed by atoms with Crippen LogP contribution >= 0.6 is 0 Å². The monoisotopic (exact) mass is 236 g/mol. The molecule has 0 fully saturated rings. The van der Waals surface area contributed by atoms with Crippen LogP contribution in [0.3, 0.4) is 0 Å². The lowest BCUT2D eigenvalue weighted by Crippen LogP contribution is -2.36. The van der Waals surface area contributed by atoms with Gasteiger partial charge >= 0.3 is 0 Å². The van der Waals surface area contributed by atoms with Crippen LogP contribution in [-0.4, -0.2) is 31.1 Å². The molecule has 0 aliphatic rings. The number of benzene rings is 1. The second-order valence-corrected chi connectivity index (χ2v) is 4.89. The van der Waals surface area contributed by atoms with Crippen LogP contribution in [0.1, 0.15) is 20.8 Å². The molecular formula is C14H24N2O. The van der Waals surface area contributed by atoms with Crippen LogP contribution in [-0.2, 0) is 0 Å². The van der Waals surface area contributed by atoms with Crippen molar-refractivity contribution < 1.29 is 4.74 Å². The van der Waals surface area contributed by atoms with Gasteiger partial charge in [-0.25, -0.2) is 0 Å². The first-order valence-electron chi connectivity index (χ1n) is 6.19. The lowest BCUT2D eigenvalue weighted by Gasteiger charge is -2.27. The maximum absolute atomic E-state index is 5.69. The molecule has 17 heavy (non-hydrogen) atoms. The fraction of sp³-hybridized carbons (Fsp3) is 0.571. The zero-order valence-corrected chi connectivity index (χ0v) is 11.3. The highest BCUT2D eigenvalue weighted by atomic mass is 16.5. The minimum atomic E-state index is 0.569. The summed E-state index contributed by atoms with van der Waals surface area (Å²) in [6, 6.07) is 8.12. The summed E-state index contributed by atoms with van der Waals surface area (Å²) in [5.41, 5.74) is 6.43. The number of ether oxygens (including phenoxy) is 1. The van der Waals surface area contributed by atoms with Gasteiger partial charge in [-0.3, -0.25) is 0 Å². The van der Waals surface area contributed by atoms with E-state index < -0.39 is 0 Å². The minimum Gasteiger partial charge on any atom is -0.492 e. The zero-order valence-electron chi connectivity index (χ0n) is 11.3. The van der Waals surface area contributed by atoms with Crippen molar-refractivity contribution >= 4 is 5.69 Å². The Labute approximate surface area is 105 Å². The summed E-state index contributed by atoms with van der Waals surface area (Å²) in [5.74, 6) is 1.50. The summed E-state index contributed by atoms with van der Waals surface area (Å²) < 4.78 is 5.67. The first-order valence-corrected chi connectivity index (χ1v) is 6.19. The van der Waals surface area contributed by atoms with E-state index in [0.717, 1.165) is 18.0 Å². The van der Waals surface area contributed by atoms with Gasteiger partial charge in [0.1, 0.15) is 12.4 Å². The topological polar surface area (TPSA) is 38.5 Å². The maximum Gasteiger partial charge on any atom is 0.121 e. The molecule has 0 bridgehead atoms. The van der Waals surface area contributed by atoms with Crippen LogP contribution in [0, 0.1) is 5.92 Å². The SMILES string of the molecule is CC(C)C(C)N(C)CCOc1cccc(N)c1. The highest BCUT2D eigenvalue weighted by Crippen LogP contribution is 2.14. The van der Waals surface area contributed by atoms with Crippen molar-refractivity contribution in [1.29, 1.82) is 0 Å².